The highest BCUT2D eigenvalue weighted by Gasteiger charge is 2.31. The summed E-state index contributed by atoms with van der Waals surface area (Å²) < 4.78 is 45.3. The number of pyridine rings is 2. The summed E-state index contributed by atoms with van der Waals surface area (Å²) in [6.45, 7) is 5.15. The Labute approximate surface area is 236 Å². The quantitative estimate of drug-likeness (QED) is 0.285. The molecule has 0 radical (unpaired) electrons. The van der Waals surface area contributed by atoms with Gasteiger partial charge < -0.3 is 15.4 Å². The van der Waals surface area contributed by atoms with Crippen molar-refractivity contribution >= 4 is 29.1 Å². The molecule has 0 atom stereocenters. The van der Waals surface area contributed by atoms with Gasteiger partial charge in [0.1, 0.15) is 5.69 Å². The molecule has 10 nitrogen and oxygen atoms in total. The number of nitriles is 1. The molecule has 41 heavy (non-hydrogen) atoms. The summed E-state index contributed by atoms with van der Waals surface area (Å²) in [5.41, 5.74) is -0.217. The SMILES string of the molecule is Cc1cc(C#N)cc(C(=O)NC(C)C)c1NC(=O)c1cc(Oc2ccc(C(F)(F)F)cn2)nn1-c1ncccc1Cl. The third-order valence-electron chi connectivity index (χ3n) is 5.50. The van der Waals surface area contributed by atoms with Crippen LogP contribution >= 0.6 is 11.6 Å². The van der Waals surface area contributed by atoms with E-state index in [4.69, 9.17) is 16.3 Å². The molecule has 2 N–H and O–H groups in total. The second kappa shape index (κ2) is 11.6. The van der Waals surface area contributed by atoms with E-state index in [1.807, 2.05) is 6.07 Å². The molecule has 4 rings (SSSR count). The number of nitrogens with zero attached hydrogens (tertiary/aromatic N) is 5. The van der Waals surface area contributed by atoms with Crippen molar-refractivity contribution in [3.05, 3.63) is 87.8 Å². The Hall–Kier alpha value is -4.96. The van der Waals surface area contributed by atoms with Crippen LogP contribution in [0.4, 0.5) is 18.9 Å². The van der Waals surface area contributed by atoms with Gasteiger partial charge in [-0.15, -0.1) is 5.10 Å². The van der Waals surface area contributed by atoms with Gasteiger partial charge in [-0.1, -0.05) is 11.6 Å². The zero-order valence-electron chi connectivity index (χ0n) is 21.7. The molecule has 3 aromatic heterocycles. The van der Waals surface area contributed by atoms with E-state index in [0.717, 1.165) is 16.8 Å². The van der Waals surface area contributed by atoms with Crippen molar-refractivity contribution in [2.45, 2.75) is 33.0 Å². The molecule has 0 saturated carbocycles. The fourth-order valence-electron chi connectivity index (χ4n) is 3.70. The Morgan fingerprint density at radius 2 is 1.85 bits per heavy atom. The Kier molecular flexibility index (Phi) is 8.25. The Morgan fingerprint density at radius 1 is 1.10 bits per heavy atom. The number of nitrogens with one attached hydrogen (secondary N) is 2. The molecule has 210 valence electrons. The minimum Gasteiger partial charge on any atom is -0.419 e. The number of rotatable bonds is 7. The van der Waals surface area contributed by atoms with Gasteiger partial charge in [0, 0.05) is 30.6 Å². The molecule has 3 heterocycles. The van der Waals surface area contributed by atoms with Gasteiger partial charge >= 0.3 is 6.18 Å². The van der Waals surface area contributed by atoms with E-state index >= 15 is 0 Å². The third-order valence-corrected chi connectivity index (χ3v) is 5.79. The normalized spacial score (nSPS) is 11.2. The van der Waals surface area contributed by atoms with Crippen molar-refractivity contribution in [1.82, 2.24) is 25.1 Å². The lowest BCUT2D eigenvalue weighted by Gasteiger charge is -2.16. The maximum absolute atomic E-state index is 13.6. The first-order valence-corrected chi connectivity index (χ1v) is 12.3. The molecule has 0 spiro atoms. The average molecular weight is 584 g/mol. The highest BCUT2D eigenvalue weighted by molar-refractivity contribution is 6.32. The molecule has 0 aliphatic heterocycles. The van der Waals surface area contributed by atoms with Gasteiger partial charge in [-0.2, -0.15) is 18.4 Å². The van der Waals surface area contributed by atoms with Crippen LogP contribution < -0.4 is 15.4 Å². The number of amides is 2. The molecular weight excluding hydrogens is 563 g/mol. The molecule has 1 aromatic carbocycles. The number of hydrogen-bond acceptors (Lipinski definition) is 7. The van der Waals surface area contributed by atoms with Crippen LogP contribution in [0.15, 0.2) is 54.9 Å². The molecule has 14 heteroatoms. The van der Waals surface area contributed by atoms with E-state index in [9.17, 15) is 28.0 Å². The van der Waals surface area contributed by atoms with Gasteiger partial charge in [-0.25, -0.2) is 14.6 Å². The Bertz CT molecular complexity index is 1660. The lowest BCUT2D eigenvalue weighted by molar-refractivity contribution is -0.137. The molecule has 2 amide bonds. The van der Waals surface area contributed by atoms with E-state index in [1.165, 1.54) is 30.5 Å². The standard InChI is InChI=1S/C27H21ClF3N7O3/c1-14(2)35-25(39)18-10-16(12-32)9-15(3)23(18)36-26(40)20-11-22(37-38(20)24-19(28)5-4-8-33-24)41-21-7-6-17(13-34-21)27(29,30)31/h4-11,13-14H,1-3H3,(H,35,39)(H,36,40). The predicted octanol–water partition coefficient (Wildman–Crippen LogP) is 5.70. The summed E-state index contributed by atoms with van der Waals surface area (Å²) in [5.74, 6) is -1.60. The predicted molar refractivity (Wildman–Crippen MR) is 142 cm³/mol. The van der Waals surface area contributed by atoms with Gasteiger partial charge in [0.15, 0.2) is 5.82 Å². The van der Waals surface area contributed by atoms with Crippen LogP contribution in [-0.2, 0) is 6.18 Å². The summed E-state index contributed by atoms with van der Waals surface area (Å²) in [6, 6.07) is 10.7. The number of alkyl halides is 3. The molecule has 0 unspecified atom stereocenters. The second-order valence-electron chi connectivity index (χ2n) is 8.98. The number of anilines is 1. The van der Waals surface area contributed by atoms with Crippen LogP contribution in [0, 0.1) is 18.3 Å². The highest BCUT2D eigenvalue weighted by Crippen LogP contribution is 2.31. The first kappa shape index (κ1) is 29.0. The molecule has 0 bridgehead atoms. The Morgan fingerprint density at radius 3 is 2.46 bits per heavy atom. The topological polar surface area (TPSA) is 135 Å². The zero-order chi connectivity index (χ0) is 29.9. The van der Waals surface area contributed by atoms with Crippen molar-refractivity contribution in [2.75, 3.05) is 5.32 Å². The van der Waals surface area contributed by atoms with E-state index in [0.29, 0.717) is 11.8 Å². The minimum atomic E-state index is -4.58. The van der Waals surface area contributed by atoms with Crippen LogP contribution in [0.1, 0.15) is 51.4 Å². The van der Waals surface area contributed by atoms with Gasteiger partial charge in [0.2, 0.25) is 11.8 Å². The number of ether oxygens (including phenoxy) is 1. The van der Waals surface area contributed by atoms with Crippen LogP contribution in [0.2, 0.25) is 5.02 Å². The maximum atomic E-state index is 13.6. The number of aryl methyl sites for hydroxylation is 1. The lowest BCUT2D eigenvalue weighted by Crippen LogP contribution is -2.31. The summed E-state index contributed by atoms with van der Waals surface area (Å²) in [7, 11) is 0. The number of carbonyl (C=O) groups is 2. The van der Waals surface area contributed by atoms with E-state index in [2.05, 4.69) is 25.7 Å². The Balaban J connectivity index is 1.74. The molecule has 0 aliphatic carbocycles. The molecular formula is C27H21ClF3N7O3. The molecule has 0 fully saturated rings. The molecule has 0 aliphatic rings. The summed E-state index contributed by atoms with van der Waals surface area (Å²) in [4.78, 5) is 34.4. The summed E-state index contributed by atoms with van der Waals surface area (Å²) >= 11 is 6.30. The van der Waals surface area contributed by atoms with E-state index < -0.39 is 23.6 Å². The van der Waals surface area contributed by atoms with Crippen LogP contribution in [0.5, 0.6) is 11.8 Å². The van der Waals surface area contributed by atoms with Crippen LogP contribution in [0.3, 0.4) is 0 Å². The fraction of sp³-hybridized carbons (Fsp3) is 0.185. The first-order chi connectivity index (χ1) is 19.4. The van der Waals surface area contributed by atoms with E-state index in [1.54, 1.807) is 26.8 Å². The van der Waals surface area contributed by atoms with Crippen molar-refractivity contribution in [3.8, 4) is 23.6 Å². The third kappa shape index (κ3) is 6.62. The summed E-state index contributed by atoms with van der Waals surface area (Å²) in [6.07, 6.45) is -2.56. The number of carbonyl (C=O) groups excluding carboxylic acids is 2. The number of halogens is 4. The van der Waals surface area contributed by atoms with E-state index in [-0.39, 0.29) is 51.2 Å². The van der Waals surface area contributed by atoms with Gasteiger partial charge in [-0.3, -0.25) is 9.59 Å². The first-order valence-electron chi connectivity index (χ1n) is 12.0. The van der Waals surface area contributed by atoms with Crippen molar-refractivity contribution in [3.63, 3.8) is 0 Å². The minimum absolute atomic E-state index is 0.0591. The van der Waals surface area contributed by atoms with Crippen LogP contribution in [0.25, 0.3) is 5.82 Å². The van der Waals surface area contributed by atoms with Gasteiger partial charge in [0.25, 0.3) is 11.8 Å². The monoisotopic (exact) mass is 583 g/mol. The van der Waals surface area contributed by atoms with Gasteiger partial charge in [-0.05, 0) is 56.7 Å². The maximum Gasteiger partial charge on any atom is 0.417 e. The number of benzene rings is 1. The average Bonchev–Trinajstić information content (AvgIpc) is 3.32. The smallest absolute Gasteiger partial charge is 0.417 e. The van der Waals surface area contributed by atoms with Crippen molar-refractivity contribution < 1.29 is 27.5 Å². The largest absolute Gasteiger partial charge is 0.419 e. The fourth-order valence-corrected chi connectivity index (χ4v) is 3.90. The lowest BCUT2D eigenvalue weighted by atomic mass is 10.0. The zero-order valence-corrected chi connectivity index (χ0v) is 22.5. The number of hydrogen-bond donors (Lipinski definition) is 2. The molecule has 4 aromatic rings. The highest BCUT2D eigenvalue weighted by atomic mass is 35.5. The summed E-state index contributed by atoms with van der Waals surface area (Å²) in [5, 5.41) is 19.2. The van der Waals surface area contributed by atoms with Gasteiger partial charge in [0.05, 0.1) is 33.5 Å². The van der Waals surface area contributed by atoms with Crippen molar-refractivity contribution in [1.29, 1.82) is 5.26 Å². The second-order valence-corrected chi connectivity index (χ2v) is 9.39. The van der Waals surface area contributed by atoms with Crippen molar-refractivity contribution in [2.24, 2.45) is 0 Å². The number of aromatic nitrogens is 4. The molecule has 0 saturated heterocycles. The van der Waals surface area contributed by atoms with Crippen LogP contribution in [-0.4, -0.2) is 37.6 Å².